The second-order valence-corrected chi connectivity index (χ2v) is 4.56. The molecule has 7 heteroatoms. The average Bonchev–Trinajstić information content (AvgIpc) is 2.89. The van der Waals surface area contributed by atoms with Crippen molar-refractivity contribution < 1.29 is 17.6 Å². The fourth-order valence-corrected chi connectivity index (χ4v) is 2.20. The zero-order chi connectivity index (χ0) is 15.6. The number of aryl methyl sites for hydroxylation is 1. The van der Waals surface area contributed by atoms with Gasteiger partial charge in [0.25, 0.3) is 0 Å². The van der Waals surface area contributed by atoms with E-state index in [9.17, 15) is 17.6 Å². The van der Waals surface area contributed by atoms with Gasteiger partial charge in [0.1, 0.15) is 5.82 Å². The highest BCUT2D eigenvalue weighted by Crippen LogP contribution is 2.35. The second kappa shape index (κ2) is 5.85. The van der Waals surface area contributed by atoms with Crippen LogP contribution in [0, 0.1) is 5.82 Å². The lowest BCUT2D eigenvalue weighted by Crippen LogP contribution is -2.20. The van der Waals surface area contributed by atoms with Crippen molar-refractivity contribution in [1.29, 1.82) is 0 Å². The third kappa shape index (κ3) is 3.07. The fourth-order valence-electron chi connectivity index (χ4n) is 2.20. The summed E-state index contributed by atoms with van der Waals surface area (Å²) in [6.07, 6.45) is -1.52. The lowest BCUT2D eigenvalue weighted by Gasteiger charge is -2.18. The summed E-state index contributed by atoms with van der Waals surface area (Å²) < 4.78 is 54.2. The Hall–Kier alpha value is -1.89. The van der Waals surface area contributed by atoms with Gasteiger partial charge in [0.05, 0.1) is 17.8 Å². The first-order valence-electron chi connectivity index (χ1n) is 6.43. The molecule has 2 aromatic rings. The Morgan fingerprint density at radius 3 is 2.57 bits per heavy atom. The Labute approximate surface area is 119 Å². The van der Waals surface area contributed by atoms with Crippen LogP contribution in [0.25, 0.3) is 0 Å². The van der Waals surface area contributed by atoms with Gasteiger partial charge >= 0.3 is 6.18 Å². The van der Waals surface area contributed by atoms with Crippen molar-refractivity contribution in [1.82, 2.24) is 15.1 Å². The van der Waals surface area contributed by atoms with E-state index in [0.717, 1.165) is 6.07 Å². The number of benzene rings is 1. The quantitative estimate of drug-likeness (QED) is 0.878. The Bertz CT molecular complexity index is 619. The van der Waals surface area contributed by atoms with Gasteiger partial charge in [-0.2, -0.15) is 18.3 Å². The molecule has 2 rings (SSSR count). The third-order valence-electron chi connectivity index (χ3n) is 3.24. The predicted molar refractivity (Wildman–Crippen MR) is 70.2 cm³/mol. The maximum absolute atomic E-state index is 14.2. The topological polar surface area (TPSA) is 29.9 Å². The van der Waals surface area contributed by atoms with Gasteiger partial charge in [-0.1, -0.05) is 12.1 Å². The maximum atomic E-state index is 14.2. The number of nitrogens with one attached hydrogen (secondary N) is 1. The summed E-state index contributed by atoms with van der Waals surface area (Å²) in [5.41, 5.74) is -0.705. The second-order valence-electron chi connectivity index (χ2n) is 4.56. The Kier molecular flexibility index (Phi) is 4.32. The molecule has 1 aromatic heterocycles. The van der Waals surface area contributed by atoms with Crippen molar-refractivity contribution in [2.45, 2.75) is 25.7 Å². The Balaban J connectivity index is 2.48. The van der Waals surface area contributed by atoms with Crippen LogP contribution in [0.3, 0.4) is 0 Å². The largest absolute Gasteiger partial charge is 0.419 e. The summed E-state index contributed by atoms with van der Waals surface area (Å²) in [5.74, 6) is -1.26. The molecule has 0 aliphatic carbocycles. The van der Waals surface area contributed by atoms with Gasteiger partial charge in [0.15, 0.2) is 0 Å². The van der Waals surface area contributed by atoms with E-state index >= 15 is 0 Å². The van der Waals surface area contributed by atoms with E-state index in [-0.39, 0.29) is 5.56 Å². The van der Waals surface area contributed by atoms with Crippen molar-refractivity contribution in [3.8, 4) is 0 Å². The van der Waals surface area contributed by atoms with Gasteiger partial charge in [-0.05, 0) is 20.0 Å². The number of aromatic nitrogens is 2. The van der Waals surface area contributed by atoms with E-state index in [0.29, 0.717) is 12.1 Å². The van der Waals surface area contributed by atoms with E-state index in [1.54, 1.807) is 17.9 Å². The van der Waals surface area contributed by atoms with Crippen molar-refractivity contribution in [3.05, 3.63) is 53.1 Å². The van der Waals surface area contributed by atoms with Gasteiger partial charge < -0.3 is 5.32 Å². The van der Waals surface area contributed by atoms with Gasteiger partial charge in [0, 0.05) is 23.9 Å². The zero-order valence-electron chi connectivity index (χ0n) is 11.6. The summed E-state index contributed by atoms with van der Waals surface area (Å²) in [4.78, 5) is 0. The van der Waals surface area contributed by atoms with E-state index in [1.807, 2.05) is 6.92 Å². The first-order chi connectivity index (χ1) is 9.88. The highest BCUT2D eigenvalue weighted by atomic mass is 19.4. The smallest absolute Gasteiger partial charge is 0.309 e. The lowest BCUT2D eigenvalue weighted by atomic mass is 9.98. The number of hydrogen-bond acceptors (Lipinski definition) is 2. The minimum absolute atomic E-state index is 0.0528. The molecule has 3 nitrogen and oxygen atoms in total. The SMILES string of the molecule is CCn1cc(C(NC)c2cccc(C(F)(F)F)c2F)cn1. The Morgan fingerprint density at radius 2 is 2.05 bits per heavy atom. The first-order valence-corrected chi connectivity index (χ1v) is 6.43. The van der Waals surface area contributed by atoms with E-state index < -0.39 is 23.6 Å². The van der Waals surface area contributed by atoms with Crippen LogP contribution >= 0.6 is 0 Å². The normalized spacial score (nSPS) is 13.4. The highest BCUT2D eigenvalue weighted by Gasteiger charge is 2.35. The number of halogens is 4. The molecule has 1 aromatic carbocycles. The fraction of sp³-hybridized carbons (Fsp3) is 0.357. The van der Waals surface area contributed by atoms with Gasteiger partial charge in [-0.3, -0.25) is 4.68 Å². The molecule has 0 amide bonds. The predicted octanol–water partition coefficient (Wildman–Crippen LogP) is 3.37. The van der Waals surface area contributed by atoms with Crippen LogP contribution in [0.15, 0.2) is 30.6 Å². The van der Waals surface area contributed by atoms with Crippen LogP contribution in [0.5, 0.6) is 0 Å². The van der Waals surface area contributed by atoms with Crippen LogP contribution in [0.4, 0.5) is 17.6 Å². The molecule has 1 N–H and O–H groups in total. The van der Waals surface area contributed by atoms with Crippen LogP contribution in [0.1, 0.15) is 29.7 Å². The minimum atomic E-state index is -4.72. The summed E-state index contributed by atoms with van der Waals surface area (Å²) >= 11 is 0. The van der Waals surface area contributed by atoms with Gasteiger partial charge in [-0.25, -0.2) is 4.39 Å². The number of nitrogens with zero attached hydrogens (tertiary/aromatic N) is 2. The molecule has 0 spiro atoms. The van der Waals surface area contributed by atoms with Crippen LogP contribution in [-0.2, 0) is 12.7 Å². The zero-order valence-corrected chi connectivity index (χ0v) is 11.6. The van der Waals surface area contributed by atoms with Gasteiger partial charge in [0.2, 0.25) is 0 Å². The van der Waals surface area contributed by atoms with Crippen molar-refractivity contribution in [2.24, 2.45) is 0 Å². The standard InChI is InChI=1S/C14H15F4N3/c1-3-21-8-9(7-20-21)13(19-2)10-5-4-6-11(12(10)15)14(16,17)18/h4-8,13,19H,3H2,1-2H3. The molecule has 0 fully saturated rings. The molecule has 1 heterocycles. The molecule has 0 bridgehead atoms. The molecular formula is C14H15F4N3. The van der Waals surface area contributed by atoms with Crippen LogP contribution < -0.4 is 5.32 Å². The molecule has 0 aliphatic rings. The van der Waals surface area contributed by atoms with Crippen molar-refractivity contribution in [2.75, 3.05) is 7.05 Å². The summed E-state index contributed by atoms with van der Waals surface area (Å²) in [6, 6.07) is 2.60. The summed E-state index contributed by atoms with van der Waals surface area (Å²) in [7, 11) is 1.56. The molecule has 0 saturated heterocycles. The van der Waals surface area contributed by atoms with Crippen LogP contribution in [0.2, 0.25) is 0 Å². The number of rotatable bonds is 4. The molecule has 0 saturated carbocycles. The van der Waals surface area contributed by atoms with Gasteiger partial charge in [-0.15, -0.1) is 0 Å². The molecule has 0 radical (unpaired) electrons. The first kappa shape index (κ1) is 15.5. The molecule has 21 heavy (non-hydrogen) atoms. The van der Waals surface area contributed by atoms with Crippen LogP contribution in [-0.4, -0.2) is 16.8 Å². The maximum Gasteiger partial charge on any atom is 0.419 e. The number of alkyl halides is 3. The molecule has 1 atom stereocenters. The van der Waals surface area contributed by atoms with E-state index in [4.69, 9.17) is 0 Å². The van der Waals surface area contributed by atoms with Crippen molar-refractivity contribution >= 4 is 0 Å². The monoisotopic (exact) mass is 301 g/mol. The molecule has 0 aliphatic heterocycles. The minimum Gasteiger partial charge on any atom is -0.309 e. The highest BCUT2D eigenvalue weighted by molar-refractivity contribution is 5.35. The average molecular weight is 301 g/mol. The number of hydrogen-bond donors (Lipinski definition) is 1. The Morgan fingerprint density at radius 1 is 1.33 bits per heavy atom. The molecule has 1 unspecified atom stereocenters. The summed E-state index contributed by atoms with van der Waals surface area (Å²) in [5, 5.41) is 6.89. The molecular weight excluding hydrogens is 286 g/mol. The third-order valence-corrected chi connectivity index (χ3v) is 3.24. The molecule has 114 valence electrons. The van der Waals surface area contributed by atoms with E-state index in [2.05, 4.69) is 10.4 Å². The van der Waals surface area contributed by atoms with E-state index in [1.165, 1.54) is 18.3 Å². The van der Waals surface area contributed by atoms with Crippen molar-refractivity contribution in [3.63, 3.8) is 0 Å². The lowest BCUT2D eigenvalue weighted by molar-refractivity contribution is -0.140. The summed E-state index contributed by atoms with van der Waals surface area (Å²) in [6.45, 7) is 2.51.